The van der Waals surface area contributed by atoms with E-state index in [2.05, 4.69) is 18.8 Å². The van der Waals surface area contributed by atoms with E-state index in [4.69, 9.17) is 10.7 Å². The predicted octanol–water partition coefficient (Wildman–Crippen LogP) is 3.23. The number of pyridine rings is 1. The van der Waals surface area contributed by atoms with Gasteiger partial charge in [-0.1, -0.05) is 26.0 Å². The summed E-state index contributed by atoms with van der Waals surface area (Å²) >= 11 is 0. The summed E-state index contributed by atoms with van der Waals surface area (Å²) in [6.45, 7) is 4.36. The Morgan fingerprint density at radius 1 is 1.22 bits per heavy atom. The second-order valence-corrected chi connectivity index (χ2v) is 8.36. The number of amides is 1. The molecule has 0 radical (unpaired) electrons. The summed E-state index contributed by atoms with van der Waals surface area (Å²) in [6.07, 6.45) is 3.28. The maximum atomic E-state index is 14.2. The molecule has 1 unspecified atom stereocenters. The van der Waals surface area contributed by atoms with Crippen LogP contribution in [0, 0.1) is 11.4 Å². The lowest BCUT2D eigenvalue weighted by molar-refractivity contribution is -0.129. The Morgan fingerprint density at radius 3 is 2.70 bits per heavy atom. The highest BCUT2D eigenvalue weighted by Gasteiger charge is 2.48. The van der Waals surface area contributed by atoms with E-state index >= 15 is 0 Å². The number of halogens is 1. The van der Waals surface area contributed by atoms with Crippen LogP contribution in [0.2, 0.25) is 0 Å². The molecule has 1 aromatic carbocycles. The predicted molar refractivity (Wildman–Crippen MR) is 102 cm³/mol. The third-order valence-corrected chi connectivity index (χ3v) is 5.61. The van der Waals surface area contributed by atoms with E-state index in [-0.39, 0.29) is 23.7 Å². The van der Waals surface area contributed by atoms with Crippen LogP contribution in [0.5, 0.6) is 0 Å². The van der Waals surface area contributed by atoms with E-state index in [9.17, 15) is 9.18 Å². The molecule has 1 amide bonds. The van der Waals surface area contributed by atoms with E-state index in [0.717, 1.165) is 23.1 Å². The Hall–Kier alpha value is -2.76. The normalized spacial score (nSPS) is 23.9. The second-order valence-electron chi connectivity index (χ2n) is 8.36. The first kappa shape index (κ1) is 17.6. The molecule has 1 spiro atoms. The number of nitrogens with zero attached hydrogens (tertiary/aromatic N) is 3. The minimum Gasteiger partial charge on any atom is -0.369 e. The summed E-state index contributed by atoms with van der Waals surface area (Å²) < 4.78 is 14.2. The first-order valence-corrected chi connectivity index (χ1v) is 9.07. The molecule has 140 valence electrons. The number of hydrogen-bond donors (Lipinski definition) is 1. The number of rotatable bonds is 1. The van der Waals surface area contributed by atoms with E-state index in [1.807, 2.05) is 18.2 Å². The first-order valence-electron chi connectivity index (χ1n) is 9.07. The summed E-state index contributed by atoms with van der Waals surface area (Å²) in [6, 6.07) is 9.32. The van der Waals surface area contributed by atoms with Gasteiger partial charge in [0.2, 0.25) is 11.9 Å². The van der Waals surface area contributed by atoms with E-state index in [1.54, 1.807) is 19.2 Å². The van der Waals surface area contributed by atoms with E-state index in [0.29, 0.717) is 12.0 Å². The number of carbonyl (C=O) groups is 1. The van der Waals surface area contributed by atoms with Crippen LogP contribution in [0.1, 0.15) is 37.8 Å². The fourth-order valence-electron chi connectivity index (χ4n) is 4.49. The number of nitrogens with two attached hydrogens (primary N) is 1. The molecule has 4 rings (SSSR count). The minimum atomic E-state index is -0.709. The number of guanidine groups is 1. The topological polar surface area (TPSA) is 71.6 Å². The van der Waals surface area contributed by atoms with Crippen LogP contribution in [0.4, 0.5) is 4.39 Å². The maximum Gasteiger partial charge on any atom is 0.231 e. The number of aromatic nitrogens is 1. The lowest BCUT2D eigenvalue weighted by Gasteiger charge is -2.46. The largest absolute Gasteiger partial charge is 0.369 e. The van der Waals surface area contributed by atoms with Gasteiger partial charge in [-0.3, -0.25) is 9.69 Å². The Morgan fingerprint density at radius 2 is 2.00 bits per heavy atom. The van der Waals surface area contributed by atoms with Gasteiger partial charge in [-0.05, 0) is 53.1 Å². The van der Waals surface area contributed by atoms with Crippen molar-refractivity contribution < 1.29 is 9.18 Å². The summed E-state index contributed by atoms with van der Waals surface area (Å²) in [5.41, 5.74) is 8.62. The molecule has 0 saturated carbocycles. The molecule has 0 bridgehead atoms. The van der Waals surface area contributed by atoms with Crippen molar-refractivity contribution in [3.05, 3.63) is 53.6 Å². The summed E-state index contributed by atoms with van der Waals surface area (Å²) in [4.78, 5) is 22.5. The van der Waals surface area contributed by atoms with Gasteiger partial charge in [-0.15, -0.1) is 0 Å². The van der Waals surface area contributed by atoms with Crippen LogP contribution in [0.15, 0.2) is 41.5 Å². The molecule has 2 N–H and O–H groups in total. The lowest BCUT2D eigenvalue weighted by atomic mass is 9.63. The summed E-state index contributed by atoms with van der Waals surface area (Å²) in [5, 5.41) is 0. The fourth-order valence-corrected chi connectivity index (χ4v) is 4.49. The van der Waals surface area contributed by atoms with Crippen LogP contribution < -0.4 is 5.73 Å². The average Bonchev–Trinajstić information content (AvgIpc) is 2.59. The maximum absolute atomic E-state index is 14.2. The average molecular weight is 366 g/mol. The lowest BCUT2D eigenvalue weighted by Crippen LogP contribution is -2.51. The molecule has 0 fully saturated rings. The van der Waals surface area contributed by atoms with Crippen LogP contribution in [0.3, 0.4) is 0 Å². The molecule has 27 heavy (non-hydrogen) atoms. The Balaban J connectivity index is 1.93. The first-order chi connectivity index (χ1) is 12.7. The minimum absolute atomic E-state index is 0.0198. The molecule has 1 atom stereocenters. The van der Waals surface area contributed by atoms with Gasteiger partial charge in [-0.25, -0.2) is 9.98 Å². The molecule has 2 heterocycles. The van der Waals surface area contributed by atoms with Gasteiger partial charge in [-0.2, -0.15) is 4.39 Å². The van der Waals surface area contributed by atoms with Gasteiger partial charge in [0.15, 0.2) is 5.96 Å². The SMILES string of the molecule is CN1C(=O)CC2(CC(C)(C)Cc3ccc(-c4cccnc4F)cc32)N=C1N. The zero-order valence-corrected chi connectivity index (χ0v) is 15.8. The summed E-state index contributed by atoms with van der Waals surface area (Å²) in [7, 11) is 1.64. The van der Waals surface area contributed by atoms with Gasteiger partial charge in [0.25, 0.3) is 0 Å². The third kappa shape index (κ3) is 2.89. The molecule has 5 nitrogen and oxygen atoms in total. The quantitative estimate of drug-likeness (QED) is 0.788. The van der Waals surface area contributed by atoms with Crippen molar-refractivity contribution in [1.82, 2.24) is 9.88 Å². The third-order valence-electron chi connectivity index (χ3n) is 5.61. The van der Waals surface area contributed by atoms with E-state index < -0.39 is 11.5 Å². The summed E-state index contributed by atoms with van der Waals surface area (Å²) in [5.74, 6) is -0.331. The monoisotopic (exact) mass is 366 g/mol. The van der Waals surface area contributed by atoms with Crippen molar-refractivity contribution in [3.63, 3.8) is 0 Å². The number of aliphatic imine (C=N–C) groups is 1. The van der Waals surface area contributed by atoms with Gasteiger partial charge in [0, 0.05) is 18.8 Å². The van der Waals surface area contributed by atoms with Crippen LogP contribution >= 0.6 is 0 Å². The van der Waals surface area contributed by atoms with Gasteiger partial charge in [0.1, 0.15) is 0 Å². The number of fused-ring (bicyclic) bond motifs is 2. The zero-order valence-electron chi connectivity index (χ0n) is 15.8. The molecular weight excluding hydrogens is 343 g/mol. The number of hydrogen-bond acceptors (Lipinski definition) is 4. The molecule has 1 aliphatic carbocycles. The highest BCUT2D eigenvalue weighted by atomic mass is 19.1. The molecule has 2 aromatic rings. The van der Waals surface area contributed by atoms with E-state index in [1.165, 1.54) is 11.1 Å². The van der Waals surface area contributed by atoms with Crippen LogP contribution in [-0.2, 0) is 16.8 Å². The van der Waals surface area contributed by atoms with Gasteiger partial charge < -0.3 is 5.73 Å². The standard InChI is InChI=1S/C21H23FN4O/c1-20(2)10-14-7-6-13(15-5-4-8-24-18(15)22)9-16(14)21(12-20)11-17(27)26(3)19(23)25-21/h4-9H,10-12H2,1-3H3,(H2,23,25). The van der Waals surface area contributed by atoms with Crippen molar-refractivity contribution in [3.8, 4) is 11.1 Å². The van der Waals surface area contributed by atoms with Crippen molar-refractivity contribution in [2.75, 3.05) is 7.05 Å². The Bertz CT molecular complexity index is 968. The smallest absolute Gasteiger partial charge is 0.231 e. The van der Waals surface area contributed by atoms with Crippen LogP contribution in [-0.4, -0.2) is 28.8 Å². The number of benzene rings is 1. The molecule has 6 heteroatoms. The van der Waals surface area contributed by atoms with Crippen molar-refractivity contribution >= 4 is 11.9 Å². The Labute approximate surface area is 158 Å². The van der Waals surface area contributed by atoms with Crippen molar-refractivity contribution in [2.24, 2.45) is 16.1 Å². The van der Waals surface area contributed by atoms with Crippen molar-refractivity contribution in [2.45, 2.75) is 38.6 Å². The van der Waals surface area contributed by atoms with Crippen LogP contribution in [0.25, 0.3) is 11.1 Å². The molecular formula is C21H23FN4O. The molecule has 2 aliphatic rings. The molecule has 1 aliphatic heterocycles. The number of carbonyl (C=O) groups excluding carboxylic acids is 1. The highest BCUT2D eigenvalue weighted by Crippen LogP contribution is 2.50. The molecule has 1 aromatic heterocycles. The Kier molecular flexibility index (Phi) is 3.84. The van der Waals surface area contributed by atoms with Gasteiger partial charge in [0.05, 0.1) is 12.0 Å². The second kappa shape index (κ2) is 5.87. The van der Waals surface area contributed by atoms with Crippen molar-refractivity contribution in [1.29, 1.82) is 0 Å². The highest BCUT2D eigenvalue weighted by molar-refractivity contribution is 5.99. The van der Waals surface area contributed by atoms with Gasteiger partial charge >= 0.3 is 0 Å². The zero-order chi connectivity index (χ0) is 19.4. The molecule has 0 saturated heterocycles. The fraction of sp³-hybridized carbons (Fsp3) is 0.381.